The van der Waals surface area contributed by atoms with E-state index in [1.165, 1.54) is 0 Å². The van der Waals surface area contributed by atoms with Gasteiger partial charge in [0.05, 0.1) is 5.56 Å². The zero-order valence-electron chi connectivity index (χ0n) is 16.6. The van der Waals surface area contributed by atoms with Gasteiger partial charge in [0, 0.05) is 0 Å². The van der Waals surface area contributed by atoms with Crippen LogP contribution in [0.2, 0.25) is 0 Å². The Balaban J connectivity index is 1.81. The Morgan fingerprint density at radius 3 is 2.10 bits per heavy atom. The Morgan fingerprint density at radius 1 is 0.931 bits per heavy atom. The molecule has 0 fully saturated rings. The third-order valence-electron chi connectivity index (χ3n) is 5.25. The molecular formula is C25H27NO3. The molecule has 0 saturated carbocycles. The van der Waals surface area contributed by atoms with Gasteiger partial charge in [0.15, 0.2) is 0 Å². The highest BCUT2D eigenvalue weighted by atomic mass is 16.4. The molecule has 1 amide bonds. The van der Waals surface area contributed by atoms with Gasteiger partial charge in [-0.1, -0.05) is 73.9 Å². The predicted molar refractivity (Wildman–Crippen MR) is 118 cm³/mol. The molecule has 0 aliphatic rings. The summed E-state index contributed by atoms with van der Waals surface area (Å²) in [5, 5.41) is 16.0. The first-order chi connectivity index (χ1) is 14.1. The standard InChI is InChI=1S/C25H27NO3/c1-2-3-4-5-6-7-16-22(25(28)29)26-24(27)23-20-14-10-8-12-18(20)17-19-13-9-11-15-21(19)23/h2,8-15,17,22H,1,3-7,16H2,(H,26,27)(H,28,29)/t22-/m1/s1. The van der Waals surface area contributed by atoms with E-state index in [0.717, 1.165) is 53.6 Å². The number of carbonyl (C=O) groups is 2. The van der Waals surface area contributed by atoms with Crippen LogP contribution in [0, 0.1) is 0 Å². The maximum atomic E-state index is 13.2. The first-order valence-electron chi connectivity index (χ1n) is 10.2. The minimum absolute atomic E-state index is 0.336. The quantitative estimate of drug-likeness (QED) is 0.265. The Bertz CT molecular complexity index is 971. The molecule has 29 heavy (non-hydrogen) atoms. The van der Waals surface area contributed by atoms with Crippen LogP contribution in [0.25, 0.3) is 21.5 Å². The average molecular weight is 389 g/mol. The summed E-state index contributed by atoms with van der Waals surface area (Å²) in [4.78, 5) is 24.9. The largest absolute Gasteiger partial charge is 0.480 e. The van der Waals surface area contributed by atoms with Crippen molar-refractivity contribution in [3.05, 3.63) is 72.8 Å². The average Bonchev–Trinajstić information content (AvgIpc) is 2.73. The van der Waals surface area contributed by atoms with Gasteiger partial charge in [0.25, 0.3) is 5.91 Å². The fourth-order valence-electron chi connectivity index (χ4n) is 3.74. The highest BCUT2D eigenvalue weighted by molar-refractivity contribution is 6.18. The third-order valence-corrected chi connectivity index (χ3v) is 5.25. The number of carboxylic acid groups (broad SMARTS) is 1. The molecule has 0 aromatic heterocycles. The SMILES string of the molecule is C=CCCCCCC[C@@H](NC(=O)c1c2ccccc2cc2ccccc12)C(=O)O. The van der Waals surface area contributed by atoms with E-state index >= 15 is 0 Å². The van der Waals surface area contributed by atoms with Crippen LogP contribution in [-0.2, 0) is 4.79 Å². The highest BCUT2D eigenvalue weighted by Gasteiger charge is 2.22. The normalized spacial score (nSPS) is 12.0. The molecule has 4 nitrogen and oxygen atoms in total. The number of fused-ring (bicyclic) bond motifs is 2. The summed E-state index contributed by atoms with van der Waals surface area (Å²) in [5.74, 6) is -1.33. The van der Waals surface area contributed by atoms with Crippen LogP contribution in [-0.4, -0.2) is 23.0 Å². The molecule has 2 N–H and O–H groups in total. The smallest absolute Gasteiger partial charge is 0.326 e. The lowest BCUT2D eigenvalue weighted by molar-refractivity contribution is -0.139. The number of hydrogen-bond donors (Lipinski definition) is 2. The van der Waals surface area contributed by atoms with Gasteiger partial charge in [-0.05, 0) is 46.9 Å². The maximum Gasteiger partial charge on any atom is 0.326 e. The number of carbonyl (C=O) groups excluding carboxylic acids is 1. The van der Waals surface area contributed by atoms with Crippen LogP contribution in [0.3, 0.4) is 0 Å². The molecule has 0 saturated heterocycles. The zero-order valence-corrected chi connectivity index (χ0v) is 16.6. The number of amides is 1. The van der Waals surface area contributed by atoms with Crippen LogP contribution in [0.1, 0.15) is 48.9 Å². The van der Waals surface area contributed by atoms with E-state index < -0.39 is 12.0 Å². The Labute approximate surface area is 171 Å². The first-order valence-corrected chi connectivity index (χ1v) is 10.2. The molecule has 3 aromatic carbocycles. The van der Waals surface area contributed by atoms with Crippen molar-refractivity contribution in [2.24, 2.45) is 0 Å². The number of nitrogens with one attached hydrogen (secondary N) is 1. The summed E-state index contributed by atoms with van der Waals surface area (Å²) in [5.41, 5.74) is 0.538. The summed E-state index contributed by atoms with van der Waals surface area (Å²) in [6, 6.07) is 16.6. The molecule has 0 aliphatic carbocycles. The van der Waals surface area contributed by atoms with E-state index in [1.54, 1.807) is 0 Å². The van der Waals surface area contributed by atoms with Crippen molar-refractivity contribution in [3.8, 4) is 0 Å². The van der Waals surface area contributed by atoms with Crippen LogP contribution >= 0.6 is 0 Å². The topological polar surface area (TPSA) is 66.4 Å². The van der Waals surface area contributed by atoms with E-state index in [1.807, 2.05) is 54.6 Å². The molecule has 3 aromatic rings. The van der Waals surface area contributed by atoms with Gasteiger partial charge < -0.3 is 10.4 Å². The molecule has 0 aliphatic heterocycles. The van der Waals surface area contributed by atoms with Crippen LogP contribution < -0.4 is 5.32 Å². The number of allylic oxidation sites excluding steroid dienone is 1. The van der Waals surface area contributed by atoms with E-state index in [9.17, 15) is 14.7 Å². The predicted octanol–water partition coefficient (Wildman–Crippen LogP) is 5.70. The molecule has 0 heterocycles. The minimum atomic E-state index is -0.992. The lowest BCUT2D eigenvalue weighted by atomic mass is 9.96. The molecule has 0 spiro atoms. The van der Waals surface area contributed by atoms with Crippen LogP contribution in [0.15, 0.2) is 67.3 Å². The second-order valence-electron chi connectivity index (χ2n) is 7.34. The second kappa shape index (κ2) is 9.87. The van der Waals surface area contributed by atoms with Crippen LogP contribution in [0.4, 0.5) is 0 Å². The lowest BCUT2D eigenvalue weighted by Gasteiger charge is -2.17. The van der Waals surface area contributed by atoms with Crippen molar-refractivity contribution in [2.75, 3.05) is 0 Å². The van der Waals surface area contributed by atoms with E-state index in [-0.39, 0.29) is 5.91 Å². The Kier molecular flexibility index (Phi) is 7.01. The van der Waals surface area contributed by atoms with Gasteiger partial charge in [-0.15, -0.1) is 6.58 Å². The first kappa shape index (κ1) is 20.6. The molecule has 0 unspecified atom stereocenters. The Hall–Kier alpha value is -3.14. The fraction of sp³-hybridized carbons (Fsp3) is 0.280. The second-order valence-corrected chi connectivity index (χ2v) is 7.34. The minimum Gasteiger partial charge on any atom is -0.480 e. The highest BCUT2D eigenvalue weighted by Crippen LogP contribution is 2.28. The number of unbranched alkanes of at least 4 members (excludes halogenated alkanes) is 4. The molecule has 1 atom stereocenters. The number of benzene rings is 3. The van der Waals surface area contributed by atoms with E-state index in [0.29, 0.717) is 12.0 Å². The van der Waals surface area contributed by atoms with Crippen molar-refractivity contribution in [2.45, 2.75) is 44.6 Å². The number of hydrogen-bond acceptors (Lipinski definition) is 2. The maximum absolute atomic E-state index is 13.2. The summed E-state index contributed by atoms with van der Waals surface area (Å²) < 4.78 is 0. The van der Waals surface area contributed by atoms with Gasteiger partial charge in [-0.3, -0.25) is 4.79 Å². The third kappa shape index (κ3) is 5.02. The zero-order chi connectivity index (χ0) is 20.6. The van der Waals surface area contributed by atoms with Gasteiger partial charge in [0.1, 0.15) is 6.04 Å². The molecule has 150 valence electrons. The Morgan fingerprint density at radius 2 is 1.52 bits per heavy atom. The lowest BCUT2D eigenvalue weighted by Crippen LogP contribution is -2.40. The van der Waals surface area contributed by atoms with Crippen LogP contribution in [0.5, 0.6) is 0 Å². The molecule has 0 radical (unpaired) electrons. The molecule has 3 rings (SSSR count). The summed E-state index contributed by atoms with van der Waals surface area (Å²) in [6.07, 6.45) is 7.13. The van der Waals surface area contributed by atoms with Crippen molar-refractivity contribution in [1.82, 2.24) is 5.32 Å². The molecule has 4 heteroatoms. The summed E-state index contributed by atoms with van der Waals surface area (Å²) in [6.45, 7) is 3.71. The number of aliphatic carboxylic acids is 1. The van der Waals surface area contributed by atoms with Crippen molar-refractivity contribution >= 4 is 33.4 Å². The van der Waals surface area contributed by atoms with Crippen molar-refractivity contribution in [1.29, 1.82) is 0 Å². The molecule has 0 bridgehead atoms. The van der Waals surface area contributed by atoms with Crippen molar-refractivity contribution < 1.29 is 14.7 Å². The van der Waals surface area contributed by atoms with Gasteiger partial charge >= 0.3 is 5.97 Å². The van der Waals surface area contributed by atoms with Crippen molar-refractivity contribution in [3.63, 3.8) is 0 Å². The van der Waals surface area contributed by atoms with Gasteiger partial charge in [-0.25, -0.2) is 4.79 Å². The fourth-order valence-corrected chi connectivity index (χ4v) is 3.74. The van der Waals surface area contributed by atoms with E-state index in [4.69, 9.17) is 0 Å². The van der Waals surface area contributed by atoms with Gasteiger partial charge in [-0.2, -0.15) is 0 Å². The monoisotopic (exact) mass is 389 g/mol. The van der Waals surface area contributed by atoms with E-state index in [2.05, 4.69) is 18.0 Å². The van der Waals surface area contributed by atoms with Gasteiger partial charge in [0.2, 0.25) is 0 Å². The summed E-state index contributed by atoms with van der Waals surface area (Å²) >= 11 is 0. The number of carboxylic acids is 1. The summed E-state index contributed by atoms with van der Waals surface area (Å²) in [7, 11) is 0. The number of rotatable bonds is 10. The molecular weight excluding hydrogens is 362 g/mol.